The highest BCUT2D eigenvalue weighted by Crippen LogP contribution is 2.08. The molecule has 0 fully saturated rings. The zero-order valence-corrected chi connectivity index (χ0v) is 9.78. The smallest absolute Gasteiger partial charge is 0.229 e. The highest BCUT2D eigenvalue weighted by molar-refractivity contribution is 5.18. The van der Waals surface area contributed by atoms with E-state index in [9.17, 15) is 5.11 Å². The summed E-state index contributed by atoms with van der Waals surface area (Å²) in [5.74, 6) is 0.948. The Hall–Kier alpha value is -2.19. The van der Waals surface area contributed by atoms with Gasteiger partial charge in [-0.05, 0) is 5.56 Å². The number of hydrogen-bond acceptors (Lipinski definition) is 5. The standard InChI is InChI=1S/C13H13N3O2/c14-7-6-11(17)9-13-15-12(16-18-13)8-10-4-2-1-3-5-10/h1-5,11,17H,6,8-9H2. The minimum absolute atomic E-state index is 0.0659. The van der Waals surface area contributed by atoms with Crippen molar-refractivity contribution in [2.75, 3.05) is 0 Å². The van der Waals surface area contributed by atoms with E-state index in [0.717, 1.165) is 5.56 Å². The molecule has 0 aliphatic rings. The van der Waals surface area contributed by atoms with Crippen LogP contribution in [0.4, 0.5) is 0 Å². The number of nitrogens with zero attached hydrogens (tertiary/aromatic N) is 3. The van der Waals surface area contributed by atoms with E-state index in [1.54, 1.807) is 0 Å². The Morgan fingerprint density at radius 3 is 2.83 bits per heavy atom. The van der Waals surface area contributed by atoms with Crippen molar-refractivity contribution in [3.63, 3.8) is 0 Å². The number of aromatic nitrogens is 2. The van der Waals surface area contributed by atoms with Gasteiger partial charge in [0.2, 0.25) is 5.89 Å². The van der Waals surface area contributed by atoms with Gasteiger partial charge in [-0.2, -0.15) is 10.2 Å². The quantitative estimate of drug-likeness (QED) is 0.859. The van der Waals surface area contributed by atoms with Gasteiger partial charge in [-0.1, -0.05) is 35.5 Å². The maximum Gasteiger partial charge on any atom is 0.229 e. The van der Waals surface area contributed by atoms with E-state index in [2.05, 4.69) is 10.1 Å². The van der Waals surface area contributed by atoms with Crippen molar-refractivity contribution in [3.05, 3.63) is 47.6 Å². The van der Waals surface area contributed by atoms with Crippen molar-refractivity contribution in [1.82, 2.24) is 10.1 Å². The fraction of sp³-hybridized carbons (Fsp3) is 0.308. The van der Waals surface area contributed by atoms with Crippen molar-refractivity contribution in [3.8, 4) is 6.07 Å². The Bertz CT molecular complexity index is 531. The lowest BCUT2D eigenvalue weighted by atomic mass is 10.1. The third kappa shape index (κ3) is 3.40. The van der Waals surface area contributed by atoms with Gasteiger partial charge in [-0.3, -0.25) is 0 Å². The summed E-state index contributed by atoms with van der Waals surface area (Å²) in [5.41, 5.74) is 1.10. The second-order valence-electron chi connectivity index (χ2n) is 3.99. The molecule has 0 radical (unpaired) electrons. The van der Waals surface area contributed by atoms with Crippen LogP contribution in [0.15, 0.2) is 34.9 Å². The van der Waals surface area contributed by atoms with Crippen LogP contribution in [0.1, 0.15) is 23.7 Å². The molecule has 0 bridgehead atoms. The summed E-state index contributed by atoms with van der Waals surface area (Å²) in [5, 5.41) is 21.7. The van der Waals surface area contributed by atoms with E-state index in [4.69, 9.17) is 9.78 Å². The van der Waals surface area contributed by atoms with Crippen molar-refractivity contribution in [1.29, 1.82) is 5.26 Å². The van der Waals surface area contributed by atoms with Crippen LogP contribution in [-0.4, -0.2) is 21.4 Å². The maximum absolute atomic E-state index is 9.45. The minimum Gasteiger partial charge on any atom is -0.392 e. The zero-order chi connectivity index (χ0) is 12.8. The third-order valence-electron chi connectivity index (χ3n) is 2.45. The van der Waals surface area contributed by atoms with Crippen molar-refractivity contribution >= 4 is 0 Å². The molecule has 0 amide bonds. The van der Waals surface area contributed by atoms with E-state index in [1.807, 2.05) is 36.4 Å². The van der Waals surface area contributed by atoms with E-state index in [1.165, 1.54) is 0 Å². The number of nitriles is 1. The number of benzene rings is 1. The van der Waals surface area contributed by atoms with Gasteiger partial charge in [0.1, 0.15) is 0 Å². The maximum atomic E-state index is 9.45. The Morgan fingerprint density at radius 2 is 2.11 bits per heavy atom. The van der Waals surface area contributed by atoms with E-state index < -0.39 is 6.10 Å². The molecule has 0 spiro atoms. The van der Waals surface area contributed by atoms with Crippen LogP contribution in [0.25, 0.3) is 0 Å². The summed E-state index contributed by atoms with van der Waals surface area (Å²) < 4.78 is 5.02. The van der Waals surface area contributed by atoms with Crippen LogP contribution < -0.4 is 0 Å². The molecule has 0 aliphatic heterocycles. The highest BCUT2D eigenvalue weighted by Gasteiger charge is 2.12. The van der Waals surface area contributed by atoms with Gasteiger partial charge in [0.05, 0.1) is 25.0 Å². The molecule has 2 aromatic rings. The molecule has 1 atom stereocenters. The van der Waals surface area contributed by atoms with Gasteiger partial charge in [0, 0.05) is 6.42 Å². The second-order valence-corrected chi connectivity index (χ2v) is 3.99. The van der Waals surface area contributed by atoms with Gasteiger partial charge in [0.25, 0.3) is 0 Å². The topological polar surface area (TPSA) is 82.9 Å². The number of aliphatic hydroxyl groups is 1. The molecule has 1 aromatic carbocycles. The van der Waals surface area contributed by atoms with Crippen LogP contribution in [0.5, 0.6) is 0 Å². The largest absolute Gasteiger partial charge is 0.392 e. The van der Waals surface area contributed by atoms with E-state index >= 15 is 0 Å². The SMILES string of the molecule is N#CCC(O)Cc1nc(Cc2ccccc2)no1. The molecular formula is C13H13N3O2. The first kappa shape index (κ1) is 12.3. The van der Waals surface area contributed by atoms with Crippen LogP contribution in [-0.2, 0) is 12.8 Å². The lowest BCUT2D eigenvalue weighted by Gasteiger charge is -1.99. The van der Waals surface area contributed by atoms with E-state index in [0.29, 0.717) is 18.1 Å². The fourth-order valence-corrected chi connectivity index (χ4v) is 1.60. The van der Waals surface area contributed by atoms with Crippen LogP contribution in [0.2, 0.25) is 0 Å². The first-order valence-corrected chi connectivity index (χ1v) is 5.68. The molecule has 5 nitrogen and oxygen atoms in total. The van der Waals surface area contributed by atoms with Crippen LogP contribution in [0, 0.1) is 11.3 Å². The molecule has 0 saturated heterocycles. The van der Waals surface area contributed by atoms with Crippen molar-refractivity contribution in [2.24, 2.45) is 0 Å². The summed E-state index contributed by atoms with van der Waals surface area (Å²) in [6, 6.07) is 11.7. The molecule has 1 heterocycles. The third-order valence-corrected chi connectivity index (χ3v) is 2.45. The Labute approximate surface area is 105 Å². The van der Waals surface area contributed by atoms with Gasteiger partial charge in [0.15, 0.2) is 5.82 Å². The van der Waals surface area contributed by atoms with E-state index in [-0.39, 0.29) is 12.8 Å². The van der Waals surface area contributed by atoms with Gasteiger partial charge in [-0.15, -0.1) is 0 Å². The predicted molar refractivity (Wildman–Crippen MR) is 63.5 cm³/mol. The molecule has 0 saturated carbocycles. The number of aliphatic hydroxyl groups excluding tert-OH is 1. The molecule has 92 valence electrons. The fourth-order valence-electron chi connectivity index (χ4n) is 1.60. The monoisotopic (exact) mass is 243 g/mol. The first-order valence-electron chi connectivity index (χ1n) is 5.68. The molecule has 1 N–H and O–H groups in total. The Balaban J connectivity index is 1.96. The summed E-state index contributed by atoms with van der Waals surface area (Å²) in [6.07, 6.45) is 0.129. The summed E-state index contributed by atoms with van der Waals surface area (Å²) in [7, 11) is 0. The lowest BCUT2D eigenvalue weighted by Crippen LogP contribution is -2.09. The minimum atomic E-state index is -0.750. The lowest BCUT2D eigenvalue weighted by molar-refractivity contribution is 0.167. The molecule has 0 aliphatic carbocycles. The van der Waals surface area contributed by atoms with Crippen molar-refractivity contribution < 1.29 is 9.63 Å². The number of hydrogen-bond donors (Lipinski definition) is 1. The molecule has 1 unspecified atom stereocenters. The molecular weight excluding hydrogens is 230 g/mol. The summed E-state index contributed by atoms with van der Waals surface area (Å²) in [6.45, 7) is 0. The van der Waals surface area contributed by atoms with Gasteiger partial charge < -0.3 is 9.63 Å². The van der Waals surface area contributed by atoms with Crippen LogP contribution in [0.3, 0.4) is 0 Å². The molecule has 2 rings (SSSR count). The van der Waals surface area contributed by atoms with Gasteiger partial charge >= 0.3 is 0 Å². The first-order chi connectivity index (χ1) is 8.78. The average Bonchev–Trinajstić information content (AvgIpc) is 2.78. The summed E-state index contributed by atoms with van der Waals surface area (Å²) >= 11 is 0. The normalized spacial score (nSPS) is 12.0. The summed E-state index contributed by atoms with van der Waals surface area (Å²) in [4.78, 5) is 4.18. The zero-order valence-electron chi connectivity index (χ0n) is 9.78. The second kappa shape index (κ2) is 5.94. The van der Waals surface area contributed by atoms with Gasteiger partial charge in [-0.25, -0.2) is 0 Å². The molecule has 5 heteroatoms. The highest BCUT2D eigenvalue weighted by atomic mass is 16.5. The van der Waals surface area contributed by atoms with Crippen molar-refractivity contribution in [2.45, 2.75) is 25.4 Å². The number of rotatable bonds is 5. The molecule has 1 aromatic heterocycles. The predicted octanol–water partition coefficient (Wildman–Crippen LogP) is 1.48. The average molecular weight is 243 g/mol. The Morgan fingerprint density at radius 1 is 1.33 bits per heavy atom. The Kier molecular flexibility index (Phi) is 4.05. The molecule has 18 heavy (non-hydrogen) atoms. The van der Waals surface area contributed by atoms with Crippen LogP contribution >= 0.6 is 0 Å².